The SMILES string of the molecule is CCOc1cc(C2/C(=C(\O)c3cccc(OC)c3)C(=O)C(=O)N2CCN(C)C)ccc1OCc1ccccc1. The van der Waals surface area contributed by atoms with E-state index >= 15 is 0 Å². The lowest BCUT2D eigenvalue weighted by atomic mass is 9.95. The summed E-state index contributed by atoms with van der Waals surface area (Å²) in [5.74, 6) is -0.0916. The summed E-state index contributed by atoms with van der Waals surface area (Å²) >= 11 is 0. The molecule has 0 aromatic heterocycles. The van der Waals surface area contributed by atoms with Gasteiger partial charge in [-0.3, -0.25) is 9.59 Å². The van der Waals surface area contributed by atoms with Gasteiger partial charge in [-0.2, -0.15) is 0 Å². The number of likely N-dealkylation sites (N-methyl/N-ethyl adjacent to an activating group) is 1. The van der Waals surface area contributed by atoms with E-state index in [-0.39, 0.29) is 11.3 Å². The number of benzene rings is 3. The number of likely N-dealkylation sites (tertiary alicyclic amines) is 1. The average Bonchev–Trinajstić information content (AvgIpc) is 3.20. The molecule has 0 saturated carbocycles. The average molecular weight is 531 g/mol. The molecule has 0 bridgehead atoms. The number of Topliss-reactive ketones (excluding diaryl/α,β-unsaturated/α-hetero) is 1. The Morgan fingerprint density at radius 3 is 2.41 bits per heavy atom. The van der Waals surface area contributed by atoms with Crippen molar-refractivity contribution in [3.8, 4) is 17.2 Å². The van der Waals surface area contributed by atoms with E-state index in [1.807, 2.05) is 56.3 Å². The quantitative estimate of drug-likeness (QED) is 0.219. The lowest BCUT2D eigenvalue weighted by molar-refractivity contribution is -0.140. The van der Waals surface area contributed by atoms with Crippen molar-refractivity contribution in [2.75, 3.05) is 40.9 Å². The molecule has 8 heteroatoms. The maximum Gasteiger partial charge on any atom is 0.295 e. The Morgan fingerprint density at radius 1 is 0.949 bits per heavy atom. The second-order valence-corrected chi connectivity index (χ2v) is 9.44. The molecule has 1 aliphatic rings. The van der Waals surface area contributed by atoms with Crippen LogP contribution in [0.3, 0.4) is 0 Å². The number of rotatable bonds is 11. The predicted octanol–water partition coefficient (Wildman–Crippen LogP) is 4.66. The van der Waals surface area contributed by atoms with E-state index in [9.17, 15) is 14.7 Å². The van der Waals surface area contributed by atoms with Gasteiger partial charge in [0.2, 0.25) is 0 Å². The number of hydrogen-bond acceptors (Lipinski definition) is 7. The lowest BCUT2D eigenvalue weighted by Crippen LogP contribution is -2.35. The highest BCUT2D eigenvalue weighted by Crippen LogP contribution is 2.42. The fourth-order valence-electron chi connectivity index (χ4n) is 4.51. The number of methoxy groups -OCH3 is 1. The topological polar surface area (TPSA) is 88.5 Å². The molecule has 1 N–H and O–H groups in total. The van der Waals surface area contributed by atoms with Gasteiger partial charge in [-0.25, -0.2) is 0 Å². The summed E-state index contributed by atoms with van der Waals surface area (Å²) in [6.45, 7) is 3.47. The number of ketones is 1. The van der Waals surface area contributed by atoms with Crippen LogP contribution in [0, 0.1) is 0 Å². The van der Waals surface area contributed by atoms with Crippen LogP contribution in [0.5, 0.6) is 17.2 Å². The van der Waals surface area contributed by atoms with Crippen LogP contribution in [0.2, 0.25) is 0 Å². The molecule has 39 heavy (non-hydrogen) atoms. The van der Waals surface area contributed by atoms with E-state index in [0.717, 1.165) is 5.56 Å². The Balaban J connectivity index is 1.78. The van der Waals surface area contributed by atoms with Crippen LogP contribution in [0.25, 0.3) is 5.76 Å². The number of aliphatic hydroxyl groups excluding tert-OH is 1. The van der Waals surface area contributed by atoms with Gasteiger partial charge in [-0.15, -0.1) is 0 Å². The van der Waals surface area contributed by atoms with Crippen LogP contribution in [-0.4, -0.2) is 67.5 Å². The van der Waals surface area contributed by atoms with E-state index in [4.69, 9.17) is 14.2 Å². The van der Waals surface area contributed by atoms with Gasteiger partial charge >= 0.3 is 0 Å². The number of ether oxygens (including phenoxy) is 3. The van der Waals surface area contributed by atoms with Gasteiger partial charge in [0.15, 0.2) is 11.5 Å². The Morgan fingerprint density at radius 2 is 1.72 bits per heavy atom. The molecule has 204 valence electrons. The van der Waals surface area contributed by atoms with Gasteiger partial charge in [0.25, 0.3) is 11.7 Å². The molecule has 1 atom stereocenters. The molecule has 4 rings (SSSR count). The minimum absolute atomic E-state index is 0.0208. The lowest BCUT2D eigenvalue weighted by Gasteiger charge is -2.27. The minimum atomic E-state index is -0.807. The van der Waals surface area contributed by atoms with Gasteiger partial charge in [-0.1, -0.05) is 48.5 Å². The highest BCUT2D eigenvalue weighted by Gasteiger charge is 2.46. The molecule has 1 saturated heterocycles. The molecule has 0 radical (unpaired) electrons. The van der Waals surface area contributed by atoms with Crippen molar-refractivity contribution in [2.45, 2.75) is 19.6 Å². The van der Waals surface area contributed by atoms with Crippen molar-refractivity contribution in [3.63, 3.8) is 0 Å². The third-order valence-corrected chi connectivity index (χ3v) is 6.49. The van der Waals surface area contributed by atoms with E-state index in [1.54, 1.807) is 42.5 Å². The molecule has 0 spiro atoms. The first-order valence-electron chi connectivity index (χ1n) is 12.8. The van der Waals surface area contributed by atoms with E-state index < -0.39 is 17.7 Å². The zero-order chi connectivity index (χ0) is 27.9. The molecule has 1 unspecified atom stereocenters. The molecule has 8 nitrogen and oxygen atoms in total. The standard InChI is InChI=1S/C31H34N2O6/c1-5-38-26-19-22(14-15-25(26)39-20-21-10-7-6-8-11-21)28-27(29(34)23-12-9-13-24(18-23)37-4)30(35)31(36)33(28)17-16-32(2)3/h6-15,18-19,28,34H,5,16-17,20H2,1-4H3/b29-27+. The van der Waals surface area contributed by atoms with Gasteiger partial charge in [0.1, 0.15) is 18.1 Å². The Kier molecular flexibility index (Phi) is 8.88. The van der Waals surface area contributed by atoms with Crippen LogP contribution in [0.1, 0.15) is 29.7 Å². The second-order valence-electron chi connectivity index (χ2n) is 9.44. The summed E-state index contributed by atoms with van der Waals surface area (Å²) in [4.78, 5) is 30.0. The van der Waals surface area contributed by atoms with Gasteiger partial charge in [-0.05, 0) is 56.4 Å². The first-order chi connectivity index (χ1) is 18.8. The molecule has 1 fully saturated rings. The Hall–Kier alpha value is -4.30. The number of carbonyl (C=O) groups is 2. The molecule has 1 aliphatic heterocycles. The Bertz CT molecular complexity index is 1350. The second kappa shape index (κ2) is 12.5. The highest BCUT2D eigenvalue weighted by molar-refractivity contribution is 6.46. The molecular formula is C31H34N2O6. The normalized spacial score (nSPS) is 16.5. The van der Waals surface area contributed by atoms with Crippen LogP contribution < -0.4 is 14.2 Å². The summed E-state index contributed by atoms with van der Waals surface area (Å²) in [7, 11) is 5.32. The van der Waals surface area contributed by atoms with Crippen molar-refractivity contribution in [1.29, 1.82) is 0 Å². The van der Waals surface area contributed by atoms with Crippen molar-refractivity contribution >= 4 is 17.4 Å². The third-order valence-electron chi connectivity index (χ3n) is 6.49. The smallest absolute Gasteiger partial charge is 0.295 e. The van der Waals surface area contributed by atoms with E-state index in [0.29, 0.717) is 54.7 Å². The molecule has 0 aliphatic carbocycles. The van der Waals surface area contributed by atoms with Crippen molar-refractivity contribution < 1.29 is 28.9 Å². The summed E-state index contributed by atoms with van der Waals surface area (Å²) in [5.41, 5.74) is 2.05. The van der Waals surface area contributed by atoms with Crippen molar-refractivity contribution in [2.24, 2.45) is 0 Å². The Labute approximate surface area is 229 Å². The molecule has 3 aromatic rings. The number of nitrogens with zero attached hydrogens (tertiary/aromatic N) is 2. The summed E-state index contributed by atoms with van der Waals surface area (Å²) in [6.07, 6.45) is 0. The number of aliphatic hydroxyl groups is 1. The maximum atomic E-state index is 13.3. The van der Waals surface area contributed by atoms with Crippen molar-refractivity contribution in [1.82, 2.24) is 9.80 Å². The monoisotopic (exact) mass is 530 g/mol. The third kappa shape index (κ3) is 6.23. The van der Waals surface area contributed by atoms with Gasteiger partial charge < -0.3 is 29.1 Å². The first kappa shape index (κ1) is 27.7. The van der Waals surface area contributed by atoms with E-state index in [1.165, 1.54) is 12.0 Å². The minimum Gasteiger partial charge on any atom is -0.507 e. The number of amides is 1. The molecule has 1 heterocycles. The predicted molar refractivity (Wildman–Crippen MR) is 149 cm³/mol. The van der Waals surface area contributed by atoms with Crippen LogP contribution in [-0.2, 0) is 16.2 Å². The van der Waals surface area contributed by atoms with Gasteiger partial charge in [0, 0.05) is 18.7 Å². The summed E-state index contributed by atoms with van der Waals surface area (Å²) in [5, 5.41) is 11.4. The van der Waals surface area contributed by atoms with Crippen LogP contribution in [0.4, 0.5) is 0 Å². The number of hydrogen-bond donors (Lipinski definition) is 1. The van der Waals surface area contributed by atoms with E-state index in [2.05, 4.69) is 0 Å². The summed E-state index contributed by atoms with van der Waals surface area (Å²) < 4.78 is 17.3. The molecule has 3 aromatic carbocycles. The maximum absolute atomic E-state index is 13.3. The highest BCUT2D eigenvalue weighted by atomic mass is 16.5. The number of carbonyl (C=O) groups excluding carboxylic acids is 2. The zero-order valence-corrected chi connectivity index (χ0v) is 22.7. The van der Waals surface area contributed by atoms with Crippen LogP contribution in [0.15, 0.2) is 78.4 Å². The largest absolute Gasteiger partial charge is 0.507 e. The fourth-order valence-corrected chi connectivity index (χ4v) is 4.51. The van der Waals surface area contributed by atoms with Gasteiger partial charge in [0.05, 0.1) is 25.3 Å². The first-order valence-corrected chi connectivity index (χ1v) is 12.8. The zero-order valence-electron chi connectivity index (χ0n) is 22.7. The molecule has 1 amide bonds. The molecular weight excluding hydrogens is 496 g/mol. The fraction of sp³-hybridized carbons (Fsp3) is 0.290. The summed E-state index contributed by atoms with van der Waals surface area (Å²) in [6, 6.07) is 21.1. The van der Waals surface area contributed by atoms with Crippen LogP contribution >= 0.6 is 0 Å². The van der Waals surface area contributed by atoms with Crippen molar-refractivity contribution in [3.05, 3.63) is 95.1 Å².